The summed E-state index contributed by atoms with van der Waals surface area (Å²) >= 11 is 0. The first kappa shape index (κ1) is 10.4. The van der Waals surface area contributed by atoms with Gasteiger partial charge in [-0.15, -0.1) is 0 Å². The van der Waals surface area contributed by atoms with Gasteiger partial charge in [-0.1, -0.05) is 13.8 Å². The number of hydrogen-bond donors (Lipinski definition) is 1. The van der Waals surface area contributed by atoms with Gasteiger partial charge in [0.15, 0.2) is 0 Å². The Morgan fingerprint density at radius 1 is 1.29 bits per heavy atom. The summed E-state index contributed by atoms with van der Waals surface area (Å²) in [6.45, 7) is 5.25. The van der Waals surface area contributed by atoms with Gasteiger partial charge in [0.1, 0.15) is 0 Å². The van der Waals surface area contributed by atoms with Gasteiger partial charge in [-0.2, -0.15) is 15.0 Å². The molecular weight excluding hydrogens is 109 g/mol. The Balaban J connectivity index is 0. The number of hydrogen-bond acceptors (Lipinski definition) is 2. The maximum atomic E-state index is 8.50. The Hall–Kier alpha value is 0.350. The average molecular weight is 123 g/mol. The minimum atomic E-state index is 0. The van der Waals surface area contributed by atoms with E-state index in [0.29, 0.717) is 0 Å². The Bertz CT molecular complexity index is 30.9. The molecule has 0 heterocycles. The average Bonchev–Trinajstić information content (AvgIpc) is 1.65. The predicted octanol–water partition coefficient (Wildman–Crippen LogP) is 0.775. The molecule has 0 fully saturated rings. The molecule has 2 nitrogen and oxygen atoms in total. The summed E-state index contributed by atoms with van der Waals surface area (Å²) in [5, 5.41) is 9.75. The quantitative estimate of drug-likeness (QED) is 0.433. The van der Waals surface area contributed by atoms with Crippen LogP contribution >= 0.6 is 9.90 Å². The third kappa shape index (κ3) is 6.35. The van der Waals surface area contributed by atoms with Crippen molar-refractivity contribution in [2.45, 2.75) is 13.8 Å². The van der Waals surface area contributed by atoms with Gasteiger partial charge >= 0.3 is 0 Å². The molecule has 0 aromatic rings. The predicted molar refractivity (Wildman–Crippen MR) is 35.8 cm³/mol. The van der Waals surface area contributed by atoms with E-state index in [1.165, 1.54) is 5.06 Å². The van der Waals surface area contributed by atoms with E-state index >= 15 is 0 Å². The molecule has 3 heteroatoms. The molecule has 1 atom stereocenters. The molecule has 46 valence electrons. The molecule has 0 radical (unpaired) electrons. The van der Waals surface area contributed by atoms with Crippen LogP contribution in [0.25, 0.3) is 0 Å². The van der Waals surface area contributed by atoms with Crippen LogP contribution in [0, 0.1) is 0 Å². The minimum absolute atomic E-state index is 0. The Morgan fingerprint density at radius 3 is 1.57 bits per heavy atom. The largest absolute Gasteiger partial charge is 0.314 e. The van der Waals surface area contributed by atoms with Crippen LogP contribution in [0.5, 0.6) is 0 Å². The highest BCUT2D eigenvalue weighted by Gasteiger charge is 1.84. The summed E-state index contributed by atoms with van der Waals surface area (Å²) in [5.74, 6) is 0. The van der Waals surface area contributed by atoms with Gasteiger partial charge in [-0.25, -0.2) is 0 Å². The third-order valence-electron chi connectivity index (χ3n) is 0.730. The van der Waals surface area contributed by atoms with Crippen molar-refractivity contribution < 1.29 is 5.21 Å². The molecule has 0 aromatic heterocycles. The molecule has 0 spiro atoms. The lowest BCUT2D eigenvalue weighted by atomic mass is 10.6. The van der Waals surface area contributed by atoms with Crippen molar-refractivity contribution in [1.29, 1.82) is 0 Å². The zero-order chi connectivity index (χ0) is 4.99. The van der Waals surface area contributed by atoms with E-state index in [-0.39, 0.29) is 9.90 Å². The Morgan fingerprint density at radius 2 is 1.57 bits per heavy atom. The van der Waals surface area contributed by atoms with Crippen LogP contribution in [0.15, 0.2) is 0 Å². The molecule has 1 N–H and O–H groups in total. The van der Waals surface area contributed by atoms with Crippen LogP contribution in [-0.2, 0) is 0 Å². The molecule has 0 aromatic carbocycles. The van der Waals surface area contributed by atoms with E-state index in [9.17, 15) is 0 Å². The summed E-state index contributed by atoms with van der Waals surface area (Å²) in [4.78, 5) is 0. The Labute approximate surface area is 48.1 Å². The van der Waals surface area contributed by atoms with Gasteiger partial charge in [0.2, 0.25) is 0 Å². The molecule has 0 rings (SSSR count). The molecule has 0 aliphatic rings. The first-order chi connectivity index (χ1) is 2.81. The van der Waals surface area contributed by atoms with Crippen LogP contribution in [0.2, 0.25) is 0 Å². The standard InChI is InChI=1S/C4H11NO.H3P/c1-3-5(6)4-2;/h6H,3-4H2,1-2H3;1H3. The van der Waals surface area contributed by atoms with Crippen molar-refractivity contribution in [2.24, 2.45) is 0 Å². The summed E-state index contributed by atoms with van der Waals surface area (Å²) in [7, 11) is 0. The van der Waals surface area contributed by atoms with Crippen LogP contribution in [0.4, 0.5) is 0 Å². The number of rotatable bonds is 2. The topological polar surface area (TPSA) is 23.5 Å². The van der Waals surface area contributed by atoms with Crippen molar-refractivity contribution >= 4 is 9.90 Å². The van der Waals surface area contributed by atoms with E-state index in [1.54, 1.807) is 0 Å². The van der Waals surface area contributed by atoms with E-state index < -0.39 is 0 Å². The fourth-order valence-electron chi connectivity index (χ4n) is 0.224. The minimum Gasteiger partial charge on any atom is -0.314 e. The fraction of sp³-hybridized carbons (Fsp3) is 1.00. The van der Waals surface area contributed by atoms with Gasteiger partial charge in [0, 0.05) is 13.1 Å². The molecule has 0 saturated heterocycles. The Kier molecular flexibility index (Phi) is 9.39. The molecule has 0 bridgehead atoms. The zero-order valence-electron chi connectivity index (χ0n) is 5.02. The van der Waals surface area contributed by atoms with Crippen molar-refractivity contribution in [3.8, 4) is 0 Å². The van der Waals surface area contributed by atoms with Gasteiger partial charge in [-0.3, -0.25) is 0 Å². The SMILES string of the molecule is CCN(O)CC.P. The second-order valence-corrected chi connectivity index (χ2v) is 1.14. The third-order valence-corrected chi connectivity index (χ3v) is 0.730. The molecular formula is C4H14NOP. The lowest BCUT2D eigenvalue weighted by Gasteiger charge is -2.05. The summed E-state index contributed by atoms with van der Waals surface area (Å²) < 4.78 is 0. The second kappa shape index (κ2) is 6.35. The van der Waals surface area contributed by atoms with Crippen LogP contribution < -0.4 is 0 Å². The molecule has 0 aliphatic heterocycles. The van der Waals surface area contributed by atoms with Crippen molar-refractivity contribution in [3.63, 3.8) is 0 Å². The number of nitrogens with zero attached hydrogens (tertiary/aromatic N) is 1. The first-order valence-corrected chi connectivity index (χ1v) is 2.25. The van der Waals surface area contributed by atoms with E-state index in [4.69, 9.17) is 5.21 Å². The van der Waals surface area contributed by atoms with Gasteiger partial charge < -0.3 is 5.21 Å². The summed E-state index contributed by atoms with van der Waals surface area (Å²) in [5.41, 5.74) is 0. The smallest absolute Gasteiger partial charge is 0.0209 e. The number of hydroxylamine groups is 2. The fourth-order valence-corrected chi connectivity index (χ4v) is 0.224. The van der Waals surface area contributed by atoms with Crippen molar-refractivity contribution in [2.75, 3.05) is 13.1 Å². The van der Waals surface area contributed by atoms with E-state index in [1.807, 2.05) is 13.8 Å². The van der Waals surface area contributed by atoms with E-state index in [2.05, 4.69) is 0 Å². The summed E-state index contributed by atoms with van der Waals surface area (Å²) in [6.07, 6.45) is 0. The zero-order valence-corrected chi connectivity index (χ0v) is 6.43. The molecule has 0 aliphatic carbocycles. The maximum Gasteiger partial charge on any atom is 0.0209 e. The normalized spacial score (nSPS) is 8.57. The van der Waals surface area contributed by atoms with Gasteiger partial charge in [0.05, 0.1) is 0 Å². The lowest BCUT2D eigenvalue weighted by Crippen LogP contribution is -2.16. The first-order valence-electron chi connectivity index (χ1n) is 2.25. The highest BCUT2D eigenvalue weighted by Crippen LogP contribution is 1.73. The van der Waals surface area contributed by atoms with Crippen molar-refractivity contribution in [1.82, 2.24) is 5.06 Å². The molecule has 1 unspecified atom stereocenters. The van der Waals surface area contributed by atoms with Crippen LogP contribution in [-0.4, -0.2) is 23.4 Å². The van der Waals surface area contributed by atoms with Crippen LogP contribution in [0.3, 0.4) is 0 Å². The van der Waals surface area contributed by atoms with E-state index in [0.717, 1.165) is 13.1 Å². The molecule has 0 amide bonds. The molecule has 7 heavy (non-hydrogen) atoms. The highest BCUT2D eigenvalue weighted by molar-refractivity contribution is 6.92. The van der Waals surface area contributed by atoms with Gasteiger partial charge in [-0.05, 0) is 0 Å². The van der Waals surface area contributed by atoms with Crippen LogP contribution in [0.1, 0.15) is 13.8 Å². The summed E-state index contributed by atoms with van der Waals surface area (Å²) in [6, 6.07) is 0. The van der Waals surface area contributed by atoms with Crippen molar-refractivity contribution in [3.05, 3.63) is 0 Å². The lowest BCUT2D eigenvalue weighted by molar-refractivity contribution is -0.0813. The molecule has 0 saturated carbocycles. The second-order valence-electron chi connectivity index (χ2n) is 1.14. The van der Waals surface area contributed by atoms with Gasteiger partial charge in [0.25, 0.3) is 0 Å². The monoisotopic (exact) mass is 123 g/mol. The maximum absolute atomic E-state index is 8.50. The highest BCUT2D eigenvalue weighted by atomic mass is 31.0.